The number of halogens is 2. The maximum Gasteiger partial charge on any atom is 0.226 e. The van der Waals surface area contributed by atoms with E-state index in [-0.39, 0.29) is 30.1 Å². The molecule has 3 N–H and O–H groups in total. The quantitative estimate of drug-likeness (QED) is 0.687. The van der Waals surface area contributed by atoms with Crippen molar-refractivity contribution in [1.29, 1.82) is 0 Å². The summed E-state index contributed by atoms with van der Waals surface area (Å²) in [4.78, 5) is 26.1. The van der Waals surface area contributed by atoms with E-state index >= 15 is 0 Å². The lowest BCUT2D eigenvalue weighted by Crippen LogP contribution is -2.46. The molecule has 0 bridgehead atoms. The highest BCUT2D eigenvalue weighted by atomic mass is 79.9. The standard InChI is InChI=1S/C17H24BrN3O3.ClH/c18-14-5-1-2-6-15(14)24-11-7-16(22)21-10-3-4-13(12-21)17(23)20-9-8-19;/h1-2,5-6,13H,3-4,7-12,19H2,(H,20,23);1H. The molecular weight excluding hydrogens is 410 g/mol. The second-order valence-electron chi connectivity index (χ2n) is 5.79. The van der Waals surface area contributed by atoms with Gasteiger partial charge in [0.25, 0.3) is 0 Å². The average molecular weight is 435 g/mol. The number of hydrogen-bond acceptors (Lipinski definition) is 4. The van der Waals surface area contributed by atoms with Crippen LogP contribution in [0.2, 0.25) is 0 Å². The molecule has 2 rings (SSSR count). The summed E-state index contributed by atoms with van der Waals surface area (Å²) in [6.07, 6.45) is 1.96. The number of carbonyl (C=O) groups excluding carboxylic acids is 2. The van der Waals surface area contributed by atoms with Gasteiger partial charge >= 0.3 is 0 Å². The molecule has 1 atom stereocenters. The van der Waals surface area contributed by atoms with Crippen molar-refractivity contribution in [2.75, 3.05) is 32.8 Å². The first-order valence-electron chi connectivity index (χ1n) is 8.24. The number of amides is 2. The molecule has 1 aliphatic heterocycles. The van der Waals surface area contributed by atoms with Gasteiger partial charge < -0.3 is 20.7 Å². The number of rotatable bonds is 7. The minimum Gasteiger partial charge on any atom is -0.492 e. The molecule has 1 aromatic carbocycles. The third-order valence-electron chi connectivity index (χ3n) is 4.00. The summed E-state index contributed by atoms with van der Waals surface area (Å²) in [7, 11) is 0. The predicted molar refractivity (Wildman–Crippen MR) is 103 cm³/mol. The lowest BCUT2D eigenvalue weighted by Gasteiger charge is -2.32. The smallest absolute Gasteiger partial charge is 0.226 e. The summed E-state index contributed by atoms with van der Waals surface area (Å²) in [5.74, 6) is 0.599. The van der Waals surface area contributed by atoms with E-state index in [4.69, 9.17) is 10.5 Å². The first-order valence-corrected chi connectivity index (χ1v) is 9.04. The Morgan fingerprint density at radius 2 is 2.12 bits per heavy atom. The molecule has 1 aromatic rings. The Kier molecular flexibility index (Phi) is 9.85. The number of piperidine rings is 1. The van der Waals surface area contributed by atoms with Crippen molar-refractivity contribution in [1.82, 2.24) is 10.2 Å². The summed E-state index contributed by atoms with van der Waals surface area (Å²) in [5.41, 5.74) is 5.40. The largest absolute Gasteiger partial charge is 0.492 e. The van der Waals surface area contributed by atoms with Crippen LogP contribution in [0.1, 0.15) is 19.3 Å². The molecule has 0 radical (unpaired) electrons. The number of nitrogens with one attached hydrogen (secondary N) is 1. The van der Waals surface area contributed by atoms with E-state index in [0.717, 1.165) is 23.1 Å². The van der Waals surface area contributed by atoms with Crippen molar-refractivity contribution in [2.45, 2.75) is 19.3 Å². The third-order valence-corrected chi connectivity index (χ3v) is 4.65. The number of nitrogens with zero attached hydrogens (tertiary/aromatic N) is 1. The monoisotopic (exact) mass is 433 g/mol. The summed E-state index contributed by atoms with van der Waals surface area (Å²) in [6.45, 7) is 2.40. The molecule has 2 amide bonds. The van der Waals surface area contributed by atoms with E-state index in [1.54, 1.807) is 4.90 Å². The first-order chi connectivity index (χ1) is 11.6. The van der Waals surface area contributed by atoms with Crippen molar-refractivity contribution in [3.63, 3.8) is 0 Å². The average Bonchev–Trinajstić information content (AvgIpc) is 2.61. The molecule has 140 valence electrons. The molecule has 0 saturated carbocycles. The maximum absolute atomic E-state index is 12.3. The van der Waals surface area contributed by atoms with E-state index in [2.05, 4.69) is 21.2 Å². The van der Waals surface area contributed by atoms with Crippen LogP contribution in [-0.2, 0) is 9.59 Å². The number of carbonyl (C=O) groups is 2. The van der Waals surface area contributed by atoms with Gasteiger partial charge in [0.05, 0.1) is 23.4 Å². The van der Waals surface area contributed by atoms with Crippen LogP contribution in [-0.4, -0.2) is 49.5 Å². The van der Waals surface area contributed by atoms with Crippen LogP contribution < -0.4 is 15.8 Å². The molecule has 25 heavy (non-hydrogen) atoms. The topological polar surface area (TPSA) is 84.7 Å². The van der Waals surface area contributed by atoms with Gasteiger partial charge in [-0.15, -0.1) is 12.4 Å². The molecule has 1 heterocycles. The minimum absolute atomic E-state index is 0. The fraction of sp³-hybridized carbons (Fsp3) is 0.529. The number of ether oxygens (including phenoxy) is 1. The van der Waals surface area contributed by atoms with Crippen LogP contribution in [0.3, 0.4) is 0 Å². The molecule has 0 aliphatic carbocycles. The van der Waals surface area contributed by atoms with Crippen molar-refractivity contribution in [2.24, 2.45) is 11.7 Å². The number of benzene rings is 1. The van der Waals surface area contributed by atoms with Gasteiger partial charge in [0.1, 0.15) is 5.75 Å². The fourth-order valence-electron chi connectivity index (χ4n) is 2.73. The van der Waals surface area contributed by atoms with Gasteiger partial charge in [-0.05, 0) is 40.9 Å². The molecule has 6 nitrogen and oxygen atoms in total. The Morgan fingerprint density at radius 1 is 1.36 bits per heavy atom. The second-order valence-corrected chi connectivity index (χ2v) is 6.64. The van der Waals surface area contributed by atoms with Crippen LogP contribution in [0.15, 0.2) is 28.7 Å². The lowest BCUT2D eigenvalue weighted by atomic mass is 9.97. The van der Waals surface area contributed by atoms with Crippen molar-refractivity contribution in [3.05, 3.63) is 28.7 Å². The third kappa shape index (κ3) is 6.84. The van der Waals surface area contributed by atoms with Crippen molar-refractivity contribution >= 4 is 40.2 Å². The molecular formula is C17H25BrClN3O3. The van der Waals surface area contributed by atoms with Gasteiger partial charge in [-0.2, -0.15) is 0 Å². The summed E-state index contributed by atoms with van der Waals surface area (Å²) >= 11 is 3.41. The van der Waals surface area contributed by atoms with E-state index < -0.39 is 0 Å². The van der Waals surface area contributed by atoms with Gasteiger partial charge in [-0.25, -0.2) is 0 Å². The highest BCUT2D eigenvalue weighted by Gasteiger charge is 2.27. The second kappa shape index (κ2) is 11.3. The van der Waals surface area contributed by atoms with E-state index in [9.17, 15) is 9.59 Å². The van der Waals surface area contributed by atoms with Crippen molar-refractivity contribution < 1.29 is 14.3 Å². The number of nitrogens with two attached hydrogens (primary N) is 1. The number of para-hydroxylation sites is 1. The lowest BCUT2D eigenvalue weighted by molar-refractivity contribution is -0.136. The van der Waals surface area contributed by atoms with E-state index in [0.29, 0.717) is 39.2 Å². The van der Waals surface area contributed by atoms with Crippen LogP contribution >= 0.6 is 28.3 Å². The van der Waals surface area contributed by atoms with Gasteiger partial charge in [-0.3, -0.25) is 9.59 Å². The fourth-order valence-corrected chi connectivity index (χ4v) is 3.12. The maximum atomic E-state index is 12.3. The Bertz CT molecular complexity index is 574. The molecule has 1 saturated heterocycles. The molecule has 1 unspecified atom stereocenters. The zero-order valence-electron chi connectivity index (χ0n) is 14.1. The van der Waals surface area contributed by atoms with Crippen molar-refractivity contribution in [3.8, 4) is 5.75 Å². The van der Waals surface area contributed by atoms with Crippen LogP contribution in [0.25, 0.3) is 0 Å². The van der Waals surface area contributed by atoms with Gasteiger partial charge in [0.15, 0.2) is 0 Å². The Balaban J connectivity index is 0.00000312. The summed E-state index contributed by atoms with van der Waals surface area (Å²) in [5, 5.41) is 2.80. The highest BCUT2D eigenvalue weighted by Crippen LogP contribution is 2.24. The SMILES string of the molecule is Cl.NCCNC(=O)C1CCCN(C(=O)CCOc2ccccc2Br)C1. The number of likely N-dealkylation sites (tertiary alicyclic amines) is 1. The minimum atomic E-state index is -0.140. The highest BCUT2D eigenvalue weighted by molar-refractivity contribution is 9.10. The summed E-state index contributed by atoms with van der Waals surface area (Å²) < 4.78 is 6.51. The van der Waals surface area contributed by atoms with E-state index in [1.165, 1.54) is 0 Å². The van der Waals surface area contributed by atoms with Crippen LogP contribution in [0, 0.1) is 5.92 Å². The van der Waals surface area contributed by atoms with Gasteiger partial charge in [-0.1, -0.05) is 12.1 Å². The predicted octanol–water partition coefficient (Wildman–Crippen LogP) is 1.95. The Labute approximate surface area is 163 Å². The zero-order chi connectivity index (χ0) is 17.4. The molecule has 1 aliphatic rings. The van der Waals surface area contributed by atoms with Crippen LogP contribution in [0.5, 0.6) is 5.75 Å². The summed E-state index contributed by atoms with van der Waals surface area (Å²) in [6, 6.07) is 7.54. The van der Waals surface area contributed by atoms with E-state index in [1.807, 2.05) is 24.3 Å². The normalized spacial score (nSPS) is 16.7. The van der Waals surface area contributed by atoms with Gasteiger partial charge in [0.2, 0.25) is 11.8 Å². The molecule has 1 fully saturated rings. The molecule has 8 heteroatoms. The number of hydrogen-bond donors (Lipinski definition) is 2. The Morgan fingerprint density at radius 3 is 2.84 bits per heavy atom. The first kappa shape index (κ1) is 21.7. The van der Waals surface area contributed by atoms with Gasteiger partial charge in [0, 0.05) is 26.2 Å². The van der Waals surface area contributed by atoms with Crippen LogP contribution in [0.4, 0.5) is 0 Å². The zero-order valence-corrected chi connectivity index (χ0v) is 16.5. The molecule has 0 spiro atoms. The Hall–Kier alpha value is -1.31. The molecule has 0 aromatic heterocycles.